The third kappa shape index (κ3) is 4.63. The van der Waals surface area contributed by atoms with Crippen LogP contribution in [0, 0.1) is 6.92 Å². The summed E-state index contributed by atoms with van der Waals surface area (Å²) in [5.41, 5.74) is 1.26. The highest BCUT2D eigenvalue weighted by Crippen LogP contribution is 2.13. The average Bonchev–Trinajstić information content (AvgIpc) is 2.48. The largest absolute Gasteiger partial charge is 0.497 e. The zero-order chi connectivity index (χ0) is 15.1. The number of ether oxygens (including phenoxy) is 1. The van der Waals surface area contributed by atoms with Crippen LogP contribution >= 0.6 is 0 Å². The molecule has 0 bridgehead atoms. The van der Waals surface area contributed by atoms with Gasteiger partial charge in [-0.15, -0.1) is 0 Å². The smallest absolute Gasteiger partial charge is 0.131 e. The molecule has 0 saturated heterocycles. The first kappa shape index (κ1) is 15.1. The summed E-state index contributed by atoms with van der Waals surface area (Å²) in [6, 6.07) is 10.1. The van der Waals surface area contributed by atoms with Gasteiger partial charge in [-0.05, 0) is 38.0 Å². The molecular formula is C16H22N4O. The number of rotatable bonds is 7. The van der Waals surface area contributed by atoms with Gasteiger partial charge in [0.05, 0.1) is 7.11 Å². The maximum absolute atomic E-state index is 5.15. The van der Waals surface area contributed by atoms with E-state index in [9.17, 15) is 0 Å². The van der Waals surface area contributed by atoms with E-state index >= 15 is 0 Å². The van der Waals surface area contributed by atoms with Crippen LogP contribution in [-0.2, 0) is 6.42 Å². The van der Waals surface area contributed by atoms with E-state index in [0.29, 0.717) is 0 Å². The highest BCUT2D eigenvalue weighted by Gasteiger charge is 2.01. The molecule has 1 aromatic heterocycles. The van der Waals surface area contributed by atoms with Crippen molar-refractivity contribution in [3.63, 3.8) is 0 Å². The molecule has 1 aromatic carbocycles. The molecule has 2 aromatic rings. The zero-order valence-corrected chi connectivity index (χ0v) is 12.8. The topological polar surface area (TPSA) is 59.1 Å². The Morgan fingerprint density at radius 3 is 2.33 bits per heavy atom. The number of hydrogen-bond acceptors (Lipinski definition) is 5. The first-order chi connectivity index (χ1) is 10.2. The van der Waals surface area contributed by atoms with Gasteiger partial charge in [0.1, 0.15) is 23.2 Å². The van der Waals surface area contributed by atoms with Gasteiger partial charge in [0.15, 0.2) is 0 Å². The summed E-state index contributed by atoms with van der Waals surface area (Å²) in [7, 11) is 1.68. The normalized spacial score (nSPS) is 10.2. The van der Waals surface area contributed by atoms with Gasteiger partial charge in [0, 0.05) is 19.2 Å². The summed E-state index contributed by atoms with van der Waals surface area (Å²) in [5, 5.41) is 6.54. The third-order valence-corrected chi connectivity index (χ3v) is 3.07. The van der Waals surface area contributed by atoms with Crippen LogP contribution in [0.2, 0.25) is 0 Å². The number of methoxy groups -OCH3 is 1. The second-order valence-corrected chi connectivity index (χ2v) is 4.74. The minimum absolute atomic E-state index is 0.764. The number of nitrogens with zero attached hydrogens (tertiary/aromatic N) is 2. The van der Waals surface area contributed by atoms with Crippen LogP contribution in [0.25, 0.3) is 0 Å². The first-order valence-electron chi connectivity index (χ1n) is 7.17. The monoisotopic (exact) mass is 286 g/mol. The summed E-state index contributed by atoms with van der Waals surface area (Å²) >= 11 is 0. The summed E-state index contributed by atoms with van der Waals surface area (Å²) < 4.78 is 5.15. The molecule has 0 atom stereocenters. The van der Waals surface area contributed by atoms with Gasteiger partial charge in [0.2, 0.25) is 0 Å². The molecule has 1 heterocycles. The zero-order valence-electron chi connectivity index (χ0n) is 12.8. The van der Waals surface area contributed by atoms with Gasteiger partial charge in [-0.1, -0.05) is 12.1 Å². The van der Waals surface area contributed by atoms with Gasteiger partial charge in [-0.3, -0.25) is 0 Å². The van der Waals surface area contributed by atoms with Crippen LogP contribution in [0.3, 0.4) is 0 Å². The van der Waals surface area contributed by atoms with Crippen molar-refractivity contribution < 1.29 is 4.74 Å². The molecule has 0 spiro atoms. The van der Waals surface area contributed by atoms with E-state index in [1.54, 1.807) is 7.11 Å². The molecule has 2 N–H and O–H groups in total. The van der Waals surface area contributed by atoms with Crippen molar-refractivity contribution in [2.45, 2.75) is 20.3 Å². The highest BCUT2D eigenvalue weighted by atomic mass is 16.5. The maximum atomic E-state index is 5.15. The SMILES string of the molecule is CCNc1cc(NCCc2ccc(OC)cc2)nc(C)n1. The predicted molar refractivity (Wildman–Crippen MR) is 86.1 cm³/mol. The standard InChI is InChI=1S/C16H22N4O/c1-4-17-15-11-16(20-12(2)19-15)18-10-9-13-5-7-14(21-3)8-6-13/h5-8,11H,4,9-10H2,1-3H3,(H2,17,18,19,20). The summed E-state index contributed by atoms with van der Waals surface area (Å²) in [5.74, 6) is 3.36. The number of benzene rings is 1. The molecule has 5 nitrogen and oxygen atoms in total. The molecule has 0 radical (unpaired) electrons. The van der Waals surface area contributed by atoms with E-state index in [1.165, 1.54) is 5.56 Å². The summed E-state index contributed by atoms with van der Waals surface area (Å²) in [6.45, 7) is 5.62. The molecule has 0 aliphatic heterocycles. The lowest BCUT2D eigenvalue weighted by Gasteiger charge is -2.09. The Morgan fingerprint density at radius 1 is 1.05 bits per heavy atom. The molecule has 0 fully saturated rings. The lowest BCUT2D eigenvalue weighted by molar-refractivity contribution is 0.414. The van der Waals surface area contributed by atoms with Gasteiger partial charge in [-0.25, -0.2) is 9.97 Å². The van der Waals surface area contributed by atoms with Crippen LogP contribution in [0.1, 0.15) is 18.3 Å². The van der Waals surface area contributed by atoms with Crippen LogP contribution < -0.4 is 15.4 Å². The van der Waals surface area contributed by atoms with Crippen molar-refractivity contribution >= 4 is 11.6 Å². The fourth-order valence-electron chi connectivity index (χ4n) is 2.06. The molecule has 0 aliphatic rings. The van der Waals surface area contributed by atoms with E-state index in [2.05, 4.69) is 32.7 Å². The van der Waals surface area contributed by atoms with Crippen LogP contribution in [0.15, 0.2) is 30.3 Å². The lowest BCUT2D eigenvalue weighted by atomic mass is 10.1. The Hall–Kier alpha value is -2.30. The summed E-state index contributed by atoms with van der Waals surface area (Å²) in [6.07, 6.45) is 0.934. The average molecular weight is 286 g/mol. The molecule has 0 amide bonds. The Labute approximate surface area is 125 Å². The number of aromatic nitrogens is 2. The Bertz CT molecular complexity index is 569. The van der Waals surface area contributed by atoms with E-state index in [-0.39, 0.29) is 0 Å². The molecule has 2 rings (SSSR count). The second-order valence-electron chi connectivity index (χ2n) is 4.74. The summed E-state index contributed by atoms with van der Waals surface area (Å²) in [4.78, 5) is 8.73. The van der Waals surface area contributed by atoms with Crippen molar-refractivity contribution in [1.82, 2.24) is 9.97 Å². The van der Waals surface area contributed by atoms with Crippen molar-refractivity contribution in [2.24, 2.45) is 0 Å². The highest BCUT2D eigenvalue weighted by molar-refractivity contribution is 5.47. The molecule has 0 unspecified atom stereocenters. The maximum Gasteiger partial charge on any atom is 0.131 e. The molecular weight excluding hydrogens is 264 g/mol. The van der Waals surface area contributed by atoms with Gasteiger partial charge in [-0.2, -0.15) is 0 Å². The first-order valence-corrected chi connectivity index (χ1v) is 7.17. The second kappa shape index (κ2) is 7.47. The van der Waals surface area contributed by atoms with E-state index in [4.69, 9.17) is 4.74 Å². The van der Waals surface area contributed by atoms with Crippen molar-refractivity contribution in [3.05, 3.63) is 41.7 Å². The molecule has 0 aliphatic carbocycles. The Balaban J connectivity index is 1.90. The van der Waals surface area contributed by atoms with Gasteiger partial charge >= 0.3 is 0 Å². The van der Waals surface area contributed by atoms with Crippen LogP contribution in [0.5, 0.6) is 5.75 Å². The third-order valence-electron chi connectivity index (χ3n) is 3.07. The van der Waals surface area contributed by atoms with E-state index in [1.807, 2.05) is 32.0 Å². The molecule has 5 heteroatoms. The van der Waals surface area contributed by atoms with Crippen molar-refractivity contribution in [2.75, 3.05) is 30.8 Å². The van der Waals surface area contributed by atoms with Crippen LogP contribution in [-0.4, -0.2) is 30.2 Å². The molecule has 21 heavy (non-hydrogen) atoms. The predicted octanol–water partition coefficient (Wildman–Crippen LogP) is 2.88. The Kier molecular flexibility index (Phi) is 5.37. The molecule has 112 valence electrons. The van der Waals surface area contributed by atoms with Crippen LogP contribution in [0.4, 0.5) is 11.6 Å². The van der Waals surface area contributed by atoms with Gasteiger partial charge in [0.25, 0.3) is 0 Å². The minimum atomic E-state index is 0.764. The van der Waals surface area contributed by atoms with Crippen molar-refractivity contribution in [1.29, 1.82) is 0 Å². The fraction of sp³-hybridized carbons (Fsp3) is 0.375. The Morgan fingerprint density at radius 2 is 1.71 bits per heavy atom. The minimum Gasteiger partial charge on any atom is -0.497 e. The van der Waals surface area contributed by atoms with E-state index < -0.39 is 0 Å². The van der Waals surface area contributed by atoms with Crippen molar-refractivity contribution in [3.8, 4) is 5.75 Å². The fourth-order valence-corrected chi connectivity index (χ4v) is 2.06. The lowest BCUT2D eigenvalue weighted by Crippen LogP contribution is -2.09. The molecule has 0 saturated carbocycles. The van der Waals surface area contributed by atoms with Gasteiger partial charge < -0.3 is 15.4 Å². The number of hydrogen-bond donors (Lipinski definition) is 2. The number of anilines is 2. The van der Waals surface area contributed by atoms with E-state index in [0.717, 1.165) is 42.7 Å². The number of aryl methyl sites for hydroxylation is 1. The number of nitrogens with one attached hydrogen (secondary N) is 2. The quantitative estimate of drug-likeness (QED) is 0.819.